The lowest BCUT2D eigenvalue weighted by Crippen LogP contribution is -2.60. The highest BCUT2D eigenvalue weighted by Crippen LogP contribution is 2.59. The molecule has 2 aliphatic rings. The van der Waals surface area contributed by atoms with Crippen molar-refractivity contribution in [1.82, 2.24) is 5.32 Å². The van der Waals surface area contributed by atoms with E-state index < -0.39 is 39.5 Å². The van der Waals surface area contributed by atoms with Gasteiger partial charge in [-0.15, -0.1) is 0 Å². The van der Waals surface area contributed by atoms with E-state index >= 15 is 0 Å². The molecule has 4 rings (SSSR count). The molecule has 8 nitrogen and oxygen atoms in total. The van der Waals surface area contributed by atoms with Crippen LogP contribution in [0.15, 0.2) is 36.4 Å². The number of Topliss-reactive ketones (excluding diaryl/α,β-unsaturated/α-hetero) is 1. The van der Waals surface area contributed by atoms with Crippen molar-refractivity contribution in [3.8, 4) is 5.75 Å². The van der Waals surface area contributed by atoms with Crippen molar-refractivity contribution < 1.29 is 24.4 Å². The van der Waals surface area contributed by atoms with Crippen LogP contribution >= 0.6 is 0 Å². The quantitative estimate of drug-likeness (QED) is 0.590. The SMILES string of the molecule is CC(C)C(=O)NC12C(=O)c3c([N+](=O)[O-])cccc3C1(O)Oc1cc(C(C)C)ccc12. The molecule has 0 bridgehead atoms. The fourth-order valence-electron chi connectivity index (χ4n) is 4.18. The number of nitrogens with one attached hydrogen (secondary N) is 1. The van der Waals surface area contributed by atoms with E-state index in [9.17, 15) is 24.8 Å². The number of ether oxygens (including phenoxy) is 1. The van der Waals surface area contributed by atoms with Gasteiger partial charge in [-0.1, -0.05) is 52.0 Å². The first-order chi connectivity index (χ1) is 14.0. The number of nitro groups is 1. The van der Waals surface area contributed by atoms with Crippen LogP contribution in [-0.2, 0) is 16.1 Å². The molecule has 30 heavy (non-hydrogen) atoms. The van der Waals surface area contributed by atoms with Gasteiger partial charge < -0.3 is 15.2 Å². The second-order valence-electron chi connectivity index (χ2n) is 8.34. The molecule has 0 saturated heterocycles. The van der Waals surface area contributed by atoms with Crippen LogP contribution in [0.1, 0.15) is 60.7 Å². The van der Waals surface area contributed by atoms with Gasteiger partial charge in [0.05, 0.1) is 4.92 Å². The third-order valence-electron chi connectivity index (χ3n) is 5.85. The van der Waals surface area contributed by atoms with Crippen molar-refractivity contribution >= 4 is 17.4 Å². The summed E-state index contributed by atoms with van der Waals surface area (Å²) in [7, 11) is 0. The minimum absolute atomic E-state index is 0.0342. The maximum atomic E-state index is 13.7. The lowest BCUT2D eigenvalue weighted by molar-refractivity contribution is -0.385. The zero-order chi connectivity index (χ0) is 22.0. The lowest BCUT2D eigenvalue weighted by atomic mass is 9.82. The van der Waals surface area contributed by atoms with Crippen LogP contribution in [0.2, 0.25) is 0 Å². The molecule has 1 heterocycles. The standard InChI is InChI=1S/C22H22N2O6/c1-11(2)13-8-9-14-17(10-13)30-22(27)15-6-5-7-16(24(28)29)18(15)19(25)21(14,22)23-20(26)12(3)4/h5-12,27H,1-4H3,(H,23,26). The molecule has 0 spiro atoms. The average Bonchev–Trinajstić information content (AvgIpc) is 3.04. The largest absolute Gasteiger partial charge is 0.454 e. The van der Waals surface area contributed by atoms with E-state index in [0.717, 1.165) is 5.56 Å². The molecule has 2 aromatic rings. The normalized spacial score (nSPS) is 23.8. The molecular weight excluding hydrogens is 388 g/mol. The molecule has 0 fully saturated rings. The Morgan fingerprint density at radius 1 is 1.17 bits per heavy atom. The second-order valence-corrected chi connectivity index (χ2v) is 8.34. The second kappa shape index (κ2) is 6.37. The third kappa shape index (κ3) is 2.37. The maximum Gasteiger partial charge on any atom is 0.280 e. The molecule has 2 atom stereocenters. The fourth-order valence-corrected chi connectivity index (χ4v) is 4.18. The molecule has 1 amide bonds. The van der Waals surface area contributed by atoms with E-state index in [2.05, 4.69) is 5.32 Å². The highest BCUT2D eigenvalue weighted by atomic mass is 16.6. The molecule has 0 saturated carbocycles. The predicted molar refractivity (Wildman–Crippen MR) is 107 cm³/mol. The van der Waals surface area contributed by atoms with Crippen LogP contribution in [0.3, 0.4) is 0 Å². The van der Waals surface area contributed by atoms with Gasteiger partial charge in [0.1, 0.15) is 11.3 Å². The van der Waals surface area contributed by atoms with Crippen molar-refractivity contribution in [2.45, 2.75) is 44.9 Å². The summed E-state index contributed by atoms with van der Waals surface area (Å²) in [5.74, 6) is -3.61. The Balaban J connectivity index is 2.02. The van der Waals surface area contributed by atoms with E-state index in [0.29, 0.717) is 0 Å². The molecule has 0 radical (unpaired) electrons. The monoisotopic (exact) mass is 410 g/mol. The van der Waals surface area contributed by atoms with Gasteiger partial charge in [0.15, 0.2) is 0 Å². The van der Waals surface area contributed by atoms with E-state index in [-0.39, 0.29) is 28.4 Å². The third-order valence-corrected chi connectivity index (χ3v) is 5.85. The maximum absolute atomic E-state index is 13.7. The molecule has 1 aliphatic carbocycles. The van der Waals surface area contributed by atoms with Crippen molar-refractivity contribution in [1.29, 1.82) is 0 Å². The molecule has 8 heteroatoms. The van der Waals surface area contributed by atoms with Gasteiger partial charge in [-0.2, -0.15) is 0 Å². The van der Waals surface area contributed by atoms with Crippen LogP contribution in [0, 0.1) is 16.0 Å². The summed E-state index contributed by atoms with van der Waals surface area (Å²) in [6.45, 7) is 7.29. The number of nitrogens with zero attached hydrogens (tertiary/aromatic N) is 1. The van der Waals surface area contributed by atoms with Crippen molar-refractivity contribution in [3.05, 3.63) is 68.8 Å². The van der Waals surface area contributed by atoms with E-state index in [1.165, 1.54) is 18.2 Å². The Kier molecular flexibility index (Phi) is 4.25. The zero-order valence-corrected chi connectivity index (χ0v) is 17.1. The predicted octanol–water partition coefficient (Wildman–Crippen LogP) is 3.12. The number of nitro benzene ring substituents is 1. The van der Waals surface area contributed by atoms with E-state index in [4.69, 9.17) is 4.74 Å². The summed E-state index contributed by atoms with van der Waals surface area (Å²) in [4.78, 5) is 37.3. The summed E-state index contributed by atoms with van der Waals surface area (Å²) in [6, 6.07) is 9.16. The number of fused-ring (bicyclic) bond motifs is 5. The zero-order valence-electron chi connectivity index (χ0n) is 17.1. The molecule has 2 unspecified atom stereocenters. The number of amides is 1. The van der Waals surface area contributed by atoms with Gasteiger partial charge in [-0.25, -0.2) is 0 Å². The molecule has 0 aromatic heterocycles. The Morgan fingerprint density at radius 2 is 1.87 bits per heavy atom. The Morgan fingerprint density at radius 3 is 2.47 bits per heavy atom. The van der Waals surface area contributed by atoms with Gasteiger partial charge in [0, 0.05) is 23.1 Å². The summed E-state index contributed by atoms with van der Waals surface area (Å²) in [5.41, 5.74) is -1.54. The molecule has 2 N–H and O–H groups in total. The molecule has 156 valence electrons. The van der Waals surface area contributed by atoms with Crippen LogP contribution in [-0.4, -0.2) is 21.7 Å². The van der Waals surface area contributed by atoms with Crippen LogP contribution < -0.4 is 10.1 Å². The summed E-state index contributed by atoms with van der Waals surface area (Å²) in [5, 5.41) is 26.0. The fraction of sp³-hybridized carbons (Fsp3) is 0.364. The minimum atomic E-state index is -2.30. The summed E-state index contributed by atoms with van der Waals surface area (Å²) >= 11 is 0. The van der Waals surface area contributed by atoms with E-state index in [1.807, 2.05) is 13.8 Å². The number of carbonyl (C=O) groups excluding carboxylic acids is 2. The van der Waals surface area contributed by atoms with Crippen LogP contribution in [0.5, 0.6) is 5.75 Å². The average molecular weight is 410 g/mol. The minimum Gasteiger partial charge on any atom is -0.454 e. The molecule has 2 aromatic carbocycles. The van der Waals surface area contributed by atoms with Crippen molar-refractivity contribution in [3.63, 3.8) is 0 Å². The molecular formula is C22H22N2O6. The number of aliphatic hydroxyl groups is 1. The number of hydrogen-bond donors (Lipinski definition) is 2. The summed E-state index contributed by atoms with van der Waals surface area (Å²) < 4.78 is 5.92. The first-order valence-corrected chi connectivity index (χ1v) is 9.75. The molecule has 1 aliphatic heterocycles. The highest BCUT2D eigenvalue weighted by Gasteiger charge is 2.73. The van der Waals surface area contributed by atoms with Gasteiger partial charge in [0.2, 0.25) is 17.2 Å². The lowest BCUT2D eigenvalue weighted by Gasteiger charge is -2.34. The van der Waals surface area contributed by atoms with Crippen molar-refractivity contribution in [2.75, 3.05) is 0 Å². The number of benzene rings is 2. The highest BCUT2D eigenvalue weighted by molar-refractivity contribution is 6.14. The Hall–Kier alpha value is -3.26. The number of rotatable bonds is 4. The first-order valence-electron chi connectivity index (χ1n) is 9.75. The Bertz CT molecular complexity index is 1110. The van der Waals surface area contributed by atoms with Gasteiger partial charge in [-0.3, -0.25) is 19.7 Å². The van der Waals surface area contributed by atoms with Gasteiger partial charge >= 0.3 is 0 Å². The topological polar surface area (TPSA) is 119 Å². The number of ketones is 1. The first kappa shape index (κ1) is 20.0. The van der Waals surface area contributed by atoms with Crippen molar-refractivity contribution in [2.24, 2.45) is 5.92 Å². The summed E-state index contributed by atoms with van der Waals surface area (Å²) in [6.07, 6.45) is 0. The van der Waals surface area contributed by atoms with Crippen LogP contribution in [0.25, 0.3) is 0 Å². The van der Waals surface area contributed by atoms with E-state index in [1.54, 1.807) is 32.0 Å². The number of hydrogen-bond acceptors (Lipinski definition) is 6. The Labute approximate surface area is 173 Å². The van der Waals surface area contributed by atoms with Gasteiger partial charge in [0.25, 0.3) is 11.5 Å². The smallest absolute Gasteiger partial charge is 0.280 e. The van der Waals surface area contributed by atoms with Gasteiger partial charge in [-0.05, 0) is 17.5 Å². The number of carbonyl (C=O) groups is 2. The van der Waals surface area contributed by atoms with Crippen LogP contribution in [0.4, 0.5) is 5.69 Å².